The molecule has 0 aromatic heterocycles. The van der Waals surface area contributed by atoms with Gasteiger partial charge in [-0.1, -0.05) is 27.2 Å². The van der Waals surface area contributed by atoms with E-state index in [0.29, 0.717) is 6.54 Å². The number of nitrogens with one attached hydrogen (secondary N) is 1. The zero-order chi connectivity index (χ0) is 12.8. The van der Waals surface area contributed by atoms with E-state index in [0.717, 1.165) is 19.0 Å². The summed E-state index contributed by atoms with van der Waals surface area (Å²) >= 11 is 0. The first-order chi connectivity index (χ1) is 8.02. The van der Waals surface area contributed by atoms with Crippen molar-refractivity contribution in [2.75, 3.05) is 19.6 Å². The molecule has 2 N–H and O–H groups in total. The van der Waals surface area contributed by atoms with Crippen LogP contribution in [0.25, 0.3) is 0 Å². The van der Waals surface area contributed by atoms with Crippen LogP contribution in [0.15, 0.2) is 0 Å². The quantitative estimate of drug-likeness (QED) is 0.711. The third-order valence-electron chi connectivity index (χ3n) is 3.34. The summed E-state index contributed by atoms with van der Waals surface area (Å²) in [6.07, 6.45) is 3.72. The summed E-state index contributed by atoms with van der Waals surface area (Å²) < 4.78 is 0. The number of nitrogens with zero attached hydrogens (tertiary/aromatic N) is 1. The Balaban J connectivity index is 2.38. The van der Waals surface area contributed by atoms with Crippen LogP contribution in [0.2, 0.25) is 0 Å². The third-order valence-corrected chi connectivity index (χ3v) is 3.34. The fraction of sp³-hybridized carbons (Fsp3) is 0.923. The number of hydrogen-bond donors (Lipinski definition) is 2. The highest BCUT2D eigenvalue weighted by Crippen LogP contribution is 2.20. The van der Waals surface area contributed by atoms with Gasteiger partial charge in [-0.3, -0.25) is 4.79 Å². The van der Waals surface area contributed by atoms with E-state index >= 15 is 0 Å². The molecule has 0 aliphatic carbocycles. The molecule has 1 aliphatic heterocycles. The van der Waals surface area contributed by atoms with Crippen molar-refractivity contribution >= 4 is 5.97 Å². The number of carboxylic acid groups (broad SMARTS) is 1. The molecule has 4 heteroatoms. The highest BCUT2D eigenvalue weighted by Gasteiger charge is 2.27. The lowest BCUT2D eigenvalue weighted by Crippen LogP contribution is -2.48. The summed E-state index contributed by atoms with van der Waals surface area (Å²) in [5, 5.41) is 12.3. The van der Waals surface area contributed by atoms with Gasteiger partial charge in [0, 0.05) is 19.1 Å². The van der Waals surface area contributed by atoms with E-state index in [2.05, 4.69) is 17.1 Å². The molecule has 0 bridgehead atoms. The lowest BCUT2D eigenvalue weighted by atomic mass is 10.0. The summed E-state index contributed by atoms with van der Waals surface area (Å²) in [7, 11) is 0. The second kappa shape index (κ2) is 6.97. The van der Waals surface area contributed by atoms with Crippen molar-refractivity contribution in [3.63, 3.8) is 0 Å². The molecule has 1 aliphatic rings. The molecule has 2 atom stereocenters. The van der Waals surface area contributed by atoms with Gasteiger partial charge in [0.1, 0.15) is 6.04 Å². The van der Waals surface area contributed by atoms with Gasteiger partial charge in [-0.2, -0.15) is 0 Å². The van der Waals surface area contributed by atoms with Crippen molar-refractivity contribution in [3.8, 4) is 0 Å². The number of carboxylic acids is 1. The molecule has 0 saturated carbocycles. The molecule has 0 aromatic rings. The monoisotopic (exact) mass is 242 g/mol. The summed E-state index contributed by atoms with van der Waals surface area (Å²) in [4.78, 5) is 13.4. The average Bonchev–Trinajstić information content (AvgIpc) is 2.64. The smallest absolute Gasteiger partial charge is 0.322 e. The molecule has 17 heavy (non-hydrogen) atoms. The summed E-state index contributed by atoms with van der Waals surface area (Å²) in [6.45, 7) is 8.93. The van der Waals surface area contributed by atoms with Crippen molar-refractivity contribution in [1.29, 1.82) is 0 Å². The Morgan fingerprint density at radius 1 is 1.53 bits per heavy atom. The first-order valence-corrected chi connectivity index (χ1v) is 6.74. The summed E-state index contributed by atoms with van der Waals surface area (Å²) in [5.41, 5.74) is 0. The zero-order valence-corrected chi connectivity index (χ0v) is 11.3. The molecule has 0 aromatic carbocycles. The van der Waals surface area contributed by atoms with E-state index in [9.17, 15) is 4.79 Å². The number of rotatable bonds is 7. The molecule has 0 amide bonds. The highest BCUT2D eigenvalue weighted by molar-refractivity contribution is 5.73. The van der Waals surface area contributed by atoms with Crippen molar-refractivity contribution in [2.24, 2.45) is 5.92 Å². The van der Waals surface area contributed by atoms with Crippen molar-refractivity contribution in [3.05, 3.63) is 0 Å². The van der Waals surface area contributed by atoms with Crippen LogP contribution >= 0.6 is 0 Å². The van der Waals surface area contributed by atoms with E-state index in [1.807, 2.05) is 13.8 Å². The van der Waals surface area contributed by atoms with E-state index in [4.69, 9.17) is 5.11 Å². The predicted octanol–water partition coefficient (Wildman–Crippen LogP) is 1.56. The molecule has 100 valence electrons. The fourth-order valence-electron chi connectivity index (χ4n) is 2.59. The normalized spacial score (nSPS) is 23.2. The topological polar surface area (TPSA) is 52.6 Å². The van der Waals surface area contributed by atoms with Gasteiger partial charge >= 0.3 is 5.97 Å². The van der Waals surface area contributed by atoms with Crippen molar-refractivity contribution in [2.45, 2.75) is 52.1 Å². The molecule has 1 heterocycles. The van der Waals surface area contributed by atoms with Gasteiger partial charge in [0.2, 0.25) is 0 Å². The Bertz CT molecular complexity index is 244. The molecule has 1 saturated heterocycles. The average molecular weight is 242 g/mol. The molecule has 0 radical (unpaired) electrons. The number of aliphatic carboxylic acids is 1. The van der Waals surface area contributed by atoms with Gasteiger partial charge in [0.25, 0.3) is 0 Å². The standard InChI is InChI=1S/C13H26N2O2/c1-4-5-11-6-7-15(8-11)9-12(13(16)17)14-10(2)3/h10-12,14H,4-9H2,1-3H3,(H,16,17). The maximum Gasteiger partial charge on any atom is 0.322 e. The second-order valence-electron chi connectivity index (χ2n) is 5.42. The van der Waals surface area contributed by atoms with Crippen LogP contribution in [0.1, 0.15) is 40.0 Å². The van der Waals surface area contributed by atoms with Crippen LogP contribution < -0.4 is 5.32 Å². The molecule has 1 fully saturated rings. The molecule has 0 spiro atoms. The highest BCUT2D eigenvalue weighted by atomic mass is 16.4. The van der Waals surface area contributed by atoms with Gasteiger partial charge in [0.05, 0.1) is 0 Å². The minimum Gasteiger partial charge on any atom is -0.480 e. The lowest BCUT2D eigenvalue weighted by Gasteiger charge is -2.23. The van der Waals surface area contributed by atoms with E-state index in [1.165, 1.54) is 19.3 Å². The van der Waals surface area contributed by atoms with Gasteiger partial charge in [0.15, 0.2) is 0 Å². The van der Waals surface area contributed by atoms with Gasteiger partial charge in [-0.05, 0) is 25.3 Å². The van der Waals surface area contributed by atoms with Crippen LogP contribution in [0.5, 0.6) is 0 Å². The van der Waals surface area contributed by atoms with E-state index in [1.54, 1.807) is 0 Å². The summed E-state index contributed by atoms with van der Waals surface area (Å²) in [5.74, 6) is 0.0335. The number of hydrogen-bond acceptors (Lipinski definition) is 3. The first kappa shape index (κ1) is 14.5. The largest absolute Gasteiger partial charge is 0.480 e. The van der Waals surface area contributed by atoms with Crippen LogP contribution in [-0.2, 0) is 4.79 Å². The molecule has 1 rings (SSSR count). The molecule has 4 nitrogen and oxygen atoms in total. The first-order valence-electron chi connectivity index (χ1n) is 6.74. The summed E-state index contributed by atoms with van der Waals surface area (Å²) in [6, 6.07) is -0.222. The van der Waals surface area contributed by atoms with Crippen LogP contribution in [0.3, 0.4) is 0 Å². The Morgan fingerprint density at radius 2 is 2.24 bits per heavy atom. The lowest BCUT2D eigenvalue weighted by molar-refractivity contribution is -0.140. The Hall–Kier alpha value is -0.610. The number of likely N-dealkylation sites (tertiary alicyclic amines) is 1. The predicted molar refractivity (Wildman–Crippen MR) is 69.2 cm³/mol. The molecular weight excluding hydrogens is 216 g/mol. The van der Waals surface area contributed by atoms with Crippen LogP contribution in [0, 0.1) is 5.92 Å². The third kappa shape index (κ3) is 5.04. The van der Waals surface area contributed by atoms with Crippen molar-refractivity contribution < 1.29 is 9.90 Å². The van der Waals surface area contributed by atoms with E-state index < -0.39 is 12.0 Å². The van der Waals surface area contributed by atoms with Gasteiger partial charge in [-0.25, -0.2) is 0 Å². The number of carbonyl (C=O) groups is 1. The van der Waals surface area contributed by atoms with Crippen LogP contribution in [-0.4, -0.2) is 47.7 Å². The fourth-order valence-corrected chi connectivity index (χ4v) is 2.59. The van der Waals surface area contributed by atoms with Crippen LogP contribution in [0.4, 0.5) is 0 Å². The minimum atomic E-state index is -0.738. The SMILES string of the molecule is CCCC1CCN(CC(NC(C)C)C(=O)O)C1. The maximum atomic E-state index is 11.1. The minimum absolute atomic E-state index is 0.213. The Labute approximate surface area is 104 Å². The second-order valence-corrected chi connectivity index (χ2v) is 5.42. The van der Waals surface area contributed by atoms with Gasteiger partial charge < -0.3 is 15.3 Å². The zero-order valence-electron chi connectivity index (χ0n) is 11.3. The maximum absolute atomic E-state index is 11.1. The molecule has 2 unspecified atom stereocenters. The molecular formula is C13H26N2O2. The van der Waals surface area contributed by atoms with Crippen molar-refractivity contribution in [1.82, 2.24) is 10.2 Å². The van der Waals surface area contributed by atoms with Gasteiger partial charge in [-0.15, -0.1) is 0 Å². The Kier molecular flexibility index (Phi) is 5.92. The Morgan fingerprint density at radius 3 is 2.76 bits per heavy atom. The van der Waals surface area contributed by atoms with E-state index in [-0.39, 0.29) is 6.04 Å².